The van der Waals surface area contributed by atoms with E-state index < -0.39 is 10.5 Å². The van der Waals surface area contributed by atoms with Gasteiger partial charge in [0.2, 0.25) is 0 Å². The molecule has 0 radical (unpaired) electrons. The highest BCUT2D eigenvalue weighted by atomic mass is 35.5. The lowest BCUT2D eigenvalue weighted by Crippen LogP contribution is -2.43. The summed E-state index contributed by atoms with van der Waals surface area (Å²) in [6, 6.07) is 6.80. The molecule has 6 nitrogen and oxygen atoms in total. The van der Waals surface area contributed by atoms with Crippen LogP contribution >= 0.6 is 11.6 Å². The van der Waals surface area contributed by atoms with Crippen molar-refractivity contribution >= 4 is 17.3 Å². The van der Waals surface area contributed by atoms with E-state index in [0.29, 0.717) is 17.5 Å². The van der Waals surface area contributed by atoms with E-state index in [0.717, 1.165) is 12.8 Å². The van der Waals surface area contributed by atoms with E-state index >= 15 is 0 Å². The van der Waals surface area contributed by atoms with Crippen LogP contribution in [-0.4, -0.2) is 23.1 Å². The van der Waals surface area contributed by atoms with Gasteiger partial charge < -0.3 is 4.74 Å². The molecule has 0 saturated heterocycles. The smallest absolute Gasteiger partial charge is 0.311 e. The normalized spacial score (nSPS) is 16.8. The predicted octanol–water partition coefficient (Wildman–Crippen LogP) is 3.05. The fourth-order valence-electron chi connectivity index (χ4n) is 1.96. The minimum Gasteiger partial charge on any atom is -0.487 e. The van der Waals surface area contributed by atoms with E-state index in [2.05, 4.69) is 11.4 Å². The minimum atomic E-state index is -0.686. The van der Waals surface area contributed by atoms with Crippen molar-refractivity contribution < 1.29 is 9.66 Å². The molecule has 1 N–H and O–H groups in total. The molecule has 0 amide bonds. The summed E-state index contributed by atoms with van der Waals surface area (Å²) in [4.78, 5) is 10.4. The van der Waals surface area contributed by atoms with Gasteiger partial charge in [-0.1, -0.05) is 11.6 Å². The van der Waals surface area contributed by atoms with Gasteiger partial charge in [0.15, 0.2) is 5.75 Å². The lowest BCUT2D eigenvalue weighted by molar-refractivity contribution is -0.385. The fraction of sp³-hybridized carbons (Fsp3) is 0.500. The number of benzene rings is 1. The zero-order valence-corrected chi connectivity index (χ0v) is 12.4. The van der Waals surface area contributed by atoms with Gasteiger partial charge in [-0.2, -0.15) is 5.26 Å². The maximum absolute atomic E-state index is 10.9. The third-order valence-electron chi connectivity index (χ3n) is 3.32. The van der Waals surface area contributed by atoms with E-state index in [9.17, 15) is 15.4 Å². The predicted molar refractivity (Wildman–Crippen MR) is 78.4 cm³/mol. The van der Waals surface area contributed by atoms with Crippen LogP contribution in [0.25, 0.3) is 0 Å². The molecular weight excluding hydrogens is 294 g/mol. The Labute approximate surface area is 127 Å². The van der Waals surface area contributed by atoms with Crippen LogP contribution < -0.4 is 10.1 Å². The summed E-state index contributed by atoms with van der Waals surface area (Å²) >= 11 is 5.83. The quantitative estimate of drug-likeness (QED) is 0.617. The molecule has 0 aliphatic heterocycles. The molecule has 21 heavy (non-hydrogen) atoms. The first-order chi connectivity index (χ1) is 9.93. The first-order valence-electron chi connectivity index (χ1n) is 6.69. The third-order valence-corrected chi connectivity index (χ3v) is 3.56. The lowest BCUT2D eigenvalue weighted by Gasteiger charge is -2.23. The SMILES string of the molecule is CC(C#N)(CCOc1cc(Cl)ccc1[N+](=O)[O-])NC1CC1. The van der Waals surface area contributed by atoms with Gasteiger partial charge in [0.25, 0.3) is 0 Å². The molecule has 1 saturated carbocycles. The molecule has 1 fully saturated rings. The van der Waals surface area contributed by atoms with Crippen molar-refractivity contribution in [3.05, 3.63) is 33.3 Å². The van der Waals surface area contributed by atoms with Crippen molar-refractivity contribution in [3.8, 4) is 11.8 Å². The van der Waals surface area contributed by atoms with Crippen molar-refractivity contribution in [2.45, 2.75) is 37.8 Å². The van der Waals surface area contributed by atoms with E-state index in [-0.39, 0.29) is 18.0 Å². The van der Waals surface area contributed by atoms with Crippen molar-refractivity contribution in [3.63, 3.8) is 0 Å². The van der Waals surface area contributed by atoms with Crippen LogP contribution in [0.5, 0.6) is 5.75 Å². The maximum atomic E-state index is 10.9. The maximum Gasteiger partial charge on any atom is 0.311 e. The number of nitro groups is 1. The van der Waals surface area contributed by atoms with Crippen molar-refractivity contribution in [1.29, 1.82) is 5.26 Å². The molecular formula is C14H16ClN3O3. The minimum absolute atomic E-state index is 0.124. The van der Waals surface area contributed by atoms with Gasteiger partial charge in [-0.3, -0.25) is 15.4 Å². The lowest BCUT2D eigenvalue weighted by atomic mass is 10.0. The molecule has 1 aliphatic carbocycles. The number of rotatable bonds is 7. The van der Waals surface area contributed by atoms with E-state index in [1.807, 2.05) is 0 Å². The Kier molecular flexibility index (Phi) is 4.66. The number of nitriles is 1. The molecule has 0 spiro atoms. The number of hydrogen-bond donors (Lipinski definition) is 1. The number of nitro benzene ring substituents is 1. The first kappa shape index (κ1) is 15.5. The molecule has 0 heterocycles. The van der Waals surface area contributed by atoms with Crippen LogP contribution in [0.3, 0.4) is 0 Å². The standard InChI is InChI=1S/C14H16ClN3O3/c1-14(9-16,17-11-3-4-11)6-7-21-13-8-10(15)2-5-12(13)18(19)20/h2,5,8,11,17H,3-4,6-7H2,1H3. The van der Waals surface area contributed by atoms with E-state index in [1.54, 1.807) is 6.92 Å². The zero-order valence-electron chi connectivity index (χ0n) is 11.6. The van der Waals surface area contributed by atoms with Gasteiger partial charge >= 0.3 is 5.69 Å². The van der Waals surface area contributed by atoms with Crippen LogP contribution in [0.15, 0.2) is 18.2 Å². The summed E-state index contributed by atoms with van der Waals surface area (Å²) in [5.74, 6) is 0.124. The third kappa shape index (κ3) is 4.31. The summed E-state index contributed by atoms with van der Waals surface area (Å²) < 4.78 is 5.46. The Bertz CT molecular complexity index is 583. The average Bonchev–Trinajstić information content (AvgIpc) is 3.22. The summed E-state index contributed by atoms with van der Waals surface area (Å²) in [5, 5.41) is 23.8. The number of ether oxygens (including phenoxy) is 1. The number of halogens is 1. The van der Waals surface area contributed by atoms with Gasteiger partial charge in [-0.15, -0.1) is 0 Å². The van der Waals surface area contributed by atoms with Crippen molar-refractivity contribution in [2.24, 2.45) is 0 Å². The van der Waals surface area contributed by atoms with Crippen molar-refractivity contribution in [2.75, 3.05) is 6.61 Å². The molecule has 1 aliphatic rings. The first-order valence-corrected chi connectivity index (χ1v) is 7.07. The molecule has 7 heteroatoms. The highest BCUT2D eigenvalue weighted by Gasteiger charge is 2.32. The summed E-state index contributed by atoms with van der Waals surface area (Å²) in [5.41, 5.74) is -0.817. The second-order valence-electron chi connectivity index (χ2n) is 5.33. The molecule has 0 aromatic heterocycles. The van der Waals surface area contributed by atoms with Crippen LogP contribution in [0.4, 0.5) is 5.69 Å². The highest BCUT2D eigenvalue weighted by Crippen LogP contribution is 2.30. The fourth-order valence-corrected chi connectivity index (χ4v) is 2.12. The number of nitrogens with zero attached hydrogens (tertiary/aromatic N) is 2. The zero-order chi connectivity index (χ0) is 15.5. The van der Waals surface area contributed by atoms with Gasteiger partial charge in [0, 0.05) is 29.6 Å². The Morgan fingerprint density at radius 1 is 1.62 bits per heavy atom. The van der Waals surface area contributed by atoms with Crippen LogP contribution in [0.1, 0.15) is 26.2 Å². The molecule has 1 unspecified atom stereocenters. The summed E-state index contributed by atoms with van der Waals surface area (Å²) in [7, 11) is 0. The molecule has 1 aromatic rings. The molecule has 1 aromatic carbocycles. The Morgan fingerprint density at radius 2 is 2.33 bits per heavy atom. The molecule has 2 rings (SSSR count). The Hall–Kier alpha value is -1.84. The number of hydrogen-bond acceptors (Lipinski definition) is 5. The van der Waals surface area contributed by atoms with Crippen LogP contribution in [-0.2, 0) is 0 Å². The largest absolute Gasteiger partial charge is 0.487 e. The average molecular weight is 310 g/mol. The van der Waals surface area contributed by atoms with Crippen LogP contribution in [0.2, 0.25) is 5.02 Å². The highest BCUT2D eigenvalue weighted by molar-refractivity contribution is 6.30. The van der Waals surface area contributed by atoms with Gasteiger partial charge in [-0.05, 0) is 25.8 Å². The second kappa shape index (κ2) is 6.29. The summed E-state index contributed by atoms with van der Waals surface area (Å²) in [6.07, 6.45) is 2.60. The number of nitrogens with one attached hydrogen (secondary N) is 1. The molecule has 0 bridgehead atoms. The van der Waals surface area contributed by atoms with Gasteiger partial charge in [-0.25, -0.2) is 0 Å². The van der Waals surface area contributed by atoms with Gasteiger partial charge in [0.05, 0.1) is 17.6 Å². The second-order valence-corrected chi connectivity index (χ2v) is 5.77. The topological polar surface area (TPSA) is 88.2 Å². The van der Waals surface area contributed by atoms with E-state index in [1.165, 1.54) is 18.2 Å². The van der Waals surface area contributed by atoms with Crippen molar-refractivity contribution in [1.82, 2.24) is 5.32 Å². The Balaban J connectivity index is 1.97. The monoisotopic (exact) mass is 309 g/mol. The van der Waals surface area contributed by atoms with Crippen LogP contribution in [0, 0.1) is 21.4 Å². The molecule has 112 valence electrons. The van der Waals surface area contributed by atoms with Gasteiger partial charge in [0.1, 0.15) is 5.54 Å². The van der Waals surface area contributed by atoms with E-state index in [4.69, 9.17) is 16.3 Å². The summed E-state index contributed by atoms with van der Waals surface area (Å²) in [6.45, 7) is 2.01. The molecule has 1 atom stereocenters. The Morgan fingerprint density at radius 3 is 2.90 bits per heavy atom.